The Balaban J connectivity index is 0.000000631. The lowest BCUT2D eigenvalue weighted by atomic mass is 9.98. The normalized spacial score (nSPS) is 11.3. The summed E-state index contributed by atoms with van der Waals surface area (Å²) >= 11 is 0. The van der Waals surface area contributed by atoms with E-state index in [0.29, 0.717) is 0 Å². The van der Waals surface area contributed by atoms with Gasteiger partial charge in [0.1, 0.15) is 5.78 Å². The number of Topliss-reactive ketones (excluding diaryl/α,β-unsaturated/α-hetero) is 1. The molecule has 0 aliphatic heterocycles. The zero-order chi connectivity index (χ0) is 14.0. The number of nitrogen functional groups attached to an aromatic ring is 1. The summed E-state index contributed by atoms with van der Waals surface area (Å²) < 4.78 is 0. The van der Waals surface area contributed by atoms with Gasteiger partial charge in [-0.05, 0) is 37.5 Å². The number of rotatable bonds is 5. The lowest BCUT2D eigenvalue weighted by molar-refractivity contribution is -0.120. The fourth-order valence-electron chi connectivity index (χ4n) is 1.27. The molecule has 2 nitrogen and oxygen atoms in total. The van der Waals surface area contributed by atoms with Crippen molar-refractivity contribution < 1.29 is 4.79 Å². The molecule has 1 aromatic rings. The maximum absolute atomic E-state index is 11.0. The molecule has 0 radical (unpaired) electrons. The van der Waals surface area contributed by atoms with E-state index in [9.17, 15) is 4.79 Å². The Morgan fingerprint density at radius 1 is 1.17 bits per heavy atom. The summed E-state index contributed by atoms with van der Waals surface area (Å²) in [6, 6.07) is 7.83. The van der Waals surface area contributed by atoms with Crippen LogP contribution in [0.1, 0.15) is 52.5 Å². The minimum absolute atomic E-state index is 0.160. The number of benzene rings is 1. The van der Waals surface area contributed by atoms with Gasteiger partial charge < -0.3 is 5.73 Å². The molecule has 0 fully saturated rings. The molecular formula is C16H27NO. The zero-order valence-electron chi connectivity index (χ0n) is 12.2. The van der Waals surface area contributed by atoms with Crippen molar-refractivity contribution in [3.63, 3.8) is 0 Å². The van der Waals surface area contributed by atoms with Crippen LogP contribution >= 0.6 is 0 Å². The third-order valence-corrected chi connectivity index (χ3v) is 3.04. The first-order valence-corrected chi connectivity index (χ1v) is 6.86. The fraction of sp³-hybridized carbons (Fsp3) is 0.562. The molecular weight excluding hydrogens is 222 g/mol. The summed E-state index contributed by atoms with van der Waals surface area (Å²) in [6.45, 7) is 7.98. The van der Waals surface area contributed by atoms with Crippen LogP contribution in [0.25, 0.3) is 0 Å². The Kier molecular flexibility index (Phi) is 8.99. The average Bonchev–Trinajstić information content (AvgIpc) is 2.38. The van der Waals surface area contributed by atoms with Crippen LogP contribution in [-0.4, -0.2) is 5.78 Å². The van der Waals surface area contributed by atoms with Crippen molar-refractivity contribution in [2.75, 3.05) is 5.73 Å². The highest BCUT2D eigenvalue weighted by molar-refractivity contribution is 5.77. The third kappa shape index (κ3) is 7.88. The summed E-state index contributed by atoms with van der Waals surface area (Å²) in [4.78, 5) is 11.0. The Bertz CT molecular complexity index is 327. The molecule has 0 heterocycles. The minimum atomic E-state index is 0.160. The van der Waals surface area contributed by atoms with E-state index in [4.69, 9.17) is 5.73 Å². The van der Waals surface area contributed by atoms with E-state index in [2.05, 4.69) is 13.8 Å². The highest BCUT2D eigenvalue weighted by Gasteiger charge is 2.06. The van der Waals surface area contributed by atoms with Gasteiger partial charge in [-0.15, -0.1) is 0 Å². The number of hydrogen-bond acceptors (Lipinski definition) is 2. The molecule has 1 rings (SSSR count). The summed E-state index contributed by atoms with van der Waals surface area (Å²) in [5.41, 5.74) is 7.61. The van der Waals surface area contributed by atoms with Crippen LogP contribution in [0.2, 0.25) is 0 Å². The van der Waals surface area contributed by atoms with Crippen molar-refractivity contribution in [3.05, 3.63) is 29.8 Å². The molecule has 0 saturated carbocycles. The van der Waals surface area contributed by atoms with E-state index in [-0.39, 0.29) is 11.7 Å². The quantitative estimate of drug-likeness (QED) is 0.793. The van der Waals surface area contributed by atoms with Crippen LogP contribution in [0.5, 0.6) is 0 Å². The van der Waals surface area contributed by atoms with Gasteiger partial charge in [-0.3, -0.25) is 4.79 Å². The highest BCUT2D eigenvalue weighted by atomic mass is 16.1. The van der Waals surface area contributed by atoms with Crippen LogP contribution in [0, 0.1) is 5.92 Å². The molecule has 1 atom stereocenters. The number of carbonyl (C=O) groups is 1. The van der Waals surface area contributed by atoms with Crippen molar-refractivity contribution in [3.8, 4) is 0 Å². The van der Waals surface area contributed by atoms with Gasteiger partial charge in [-0.25, -0.2) is 0 Å². The minimum Gasteiger partial charge on any atom is -0.399 e. The van der Waals surface area contributed by atoms with Gasteiger partial charge in [0.15, 0.2) is 0 Å². The SMILES string of the molecule is CC(=O)C(C)CCc1ccc(N)cc1.CCCC. The number of carbonyl (C=O) groups excluding carboxylic acids is 1. The van der Waals surface area contributed by atoms with Crippen molar-refractivity contribution >= 4 is 11.5 Å². The number of ketones is 1. The van der Waals surface area contributed by atoms with Gasteiger partial charge in [-0.2, -0.15) is 0 Å². The molecule has 1 aromatic carbocycles. The largest absolute Gasteiger partial charge is 0.399 e. The number of aryl methyl sites for hydroxylation is 1. The van der Waals surface area contributed by atoms with Gasteiger partial charge >= 0.3 is 0 Å². The molecule has 0 amide bonds. The standard InChI is InChI=1S/C12H17NO.C4H10/c1-9(10(2)14)3-4-11-5-7-12(13)8-6-11;1-3-4-2/h5-9H,3-4,13H2,1-2H3;3-4H2,1-2H3. The van der Waals surface area contributed by atoms with Crippen LogP contribution < -0.4 is 5.73 Å². The van der Waals surface area contributed by atoms with Crippen molar-refractivity contribution in [1.29, 1.82) is 0 Å². The second-order valence-corrected chi connectivity index (χ2v) is 4.79. The topological polar surface area (TPSA) is 43.1 Å². The first kappa shape index (κ1) is 16.7. The summed E-state index contributed by atoms with van der Waals surface area (Å²) in [7, 11) is 0. The number of nitrogens with two attached hydrogens (primary N) is 1. The van der Waals surface area contributed by atoms with Gasteiger partial charge in [0.2, 0.25) is 0 Å². The predicted molar refractivity (Wildman–Crippen MR) is 79.6 cm³/mol. The molecule has 18 heavy (non-hydrogen) atoms. The molecule has 0 bridgehead atoms. The van der Waals surface area contributed by atoms with Crippen molar-refractivity contribution in [2.45, 2.75) is 53.4 Å². The Morgan fingerprint density at radius 3 is 2.06 bits per heavy atom. The second kappa shape index (κ2) is 9.69. The summed E-state index contributed by atoms with van der Waals surface area (Å²) in [5, 5.41) is 0. The maximum Gasteiger partial charge on any atom is 0.132 e. The molecule has 1 unspecified atom stereocenters. The Hall–Kier alpha value is -1.31. The molecule has 0 saturated heterocycles. The lowest BCUT2D eigenvalue weighted by Crippen LogP contribution is -2.07. The fourth-order valence-corrected chi connectivity index (χ4v) is 1.27. The van der Waals surface area contributed by atoms with Crippen LogP contribution in [0.4, 0.5) is 5.69 Å². The van der Waals surface area contributed by atoms with Crippen LogP contribution in [0.3, 0.4) is 0 Å². The number of hydrogen-bond donors (Lipinski definition) is 1. The third-order valence-electron chi connectivity index (χ3n) is 3.04. The van der Waals surface area contributed by atoms with E-state index in [1.807, 2.05) is 31.2 Å². The predicted octanol–water partition coefficient (Wildman–Crippen LogP) is 4.23. The first-order chi connectivity index (χ1) is 8.51. The zero-order valence-corrected chi connectivity index (χ0v) is 12.2. The Labute approximate surface area is 112 Å². The van der Waals surface area contributed by atoms with Gasteiger partial charge in [0.05, 0.1) is 0 Å². The van der Waals surface area contributed by atoms with Gasteiger partial charge in [0, 0.05) is 11.6 Å². The van der Waals surface area contributed by atoms with Crippen LogP contribution in [0.15, 0.2) is 24.3 Å². The lowest BCUT2D eigenvalue weighted by Gasteiger charge is -2.07. The Morgan fingerprint density at radius 2 is 1.67 bits per heavy atom. The van der Waals surface area contributed by atoms with E-state index in [1.165, 1.54) is 18.4 Å². The molecule has 0 aromatic heterocycles. The molecule has 2 N–H and O–H groups in total. The van der Waals surface area contributed by atoms with Gasteiger partial charge in [-0.1, -0.05) is 45.7 Å². The molecule has 0 aliphatic carbocycles. The van der Waals surface area contributed by atoms with E-state index < -0.39 is 0 Å². The molecule has 2 heteroatoms. The molecule has 0 spiro atoms. The van der Waals surface area contributed by atoms with Gasteiger partial charge in [0.25, 0.3) is 0 Å². The summed E-state index contributed by atoms with van der Waals surface area (Å²) in [6.07, 6.45) is 4.50. The van der Waals surface area contributed by atoms with E-state index >= 15 is 0 Å². The van der Waals surface area contributed by atoms with Crippen molar-refractivity contribution in [2.24, 2.45) is 5.92 Å². The highest BCUT2D eigenvalue weighted by Crippen LogP contribution is 2.12. The number of unbranched alkanes of at least 4 members (excludes halogenated alkanes) is 1. The monoisotopic (exact) mass is 249 g/mol. The summed E-state index contributed by atoms with van der Waals surface area (Å²) in [5.74, 6) is 0.424. The van der Waals surface area contributed by atoms with E-state index in [1.54, 1.807) is 6.92 Å². The maximum atomic E-state index is 11.0. The first-order valence-electron chi connectivity index (χ1n) is 6.86. The van der Waals surface area contributed by atoms with Crippen molar-refractivity contribution in [1.82, 2.24) is 0 Å². The molecule has 0 aliphatic rings. The smallest absolute Gasteiger partial charge is 0.132 e. The molecule has 102 valence electrons. The average molecular weight is 249 g/mol. The number of anilines is 1. The van der Waals surface area contributed by atoms with E-state index in [0.717, 1.165) is 18.5 Å². The second-order valence-electron chi connectivity index (χ2n) is 4.79. The van der Waals surface area contributed by atoms with Crippen LogP contribution in [-0.2, 0) is 11.2 Å².